The molecule has 0 N–H and O–H groups in total. The van der Waals surface area contributed by atoms with Crippen molar-refractivity contribution in [2.24, 2.45) is 0 Å². The van der Waals surface area contributed by atoms with Crippen LogP contribution in [-0.2, 0) is 16.0 Å². The van der Waals surface area contributed by atoms with Gasteiger partial charge in [-0.3, -0.25) is 4.79 Å². The quantitative estimate of drug-likeness (QED) is 0.703. The molecule has 0 aliphatic heterocycles. The molecule has 0 aliphatic carbocycles. The molecule has 0 aliphatic rings. The van der Waals surface area contributed by atoms with E-state index in [0.29, 0.717) is 24.0 Å². The Balaban J connectivity index is 2.93. The summed E-state index contributed by atoms with van der Waals surface area (Å²) < 4.78 is 9.98. The SMILES string of the molecule is CCOC(=O)Cc1nc(N(C)C)ncc1OC. The lowest BCUT2D eigenvalue weighted by Gasteiger charge is -2.13. The fourth-order valence-electron chi connectivity index (χ4n) is 1.26. The Labute approximate surface area is 101 Å². The van der Waals surface area contributed by atoms with Crippen LogP contribution in [0.5, 0.6) is 5.75 Å². The van der Waals surface area contributed by atoms with Gasteiger partial charge in [-0.25, -0.2) is 9.97 Å². The first-order valence-electron chi connectivity index (χ1n) is 5.31. The molecule has 0 atom stereocenters. The summed E-state index contributed by atoms with van der Waals surface area (Å²) in [5.41, 5.74) is 0.532. The zero-order chi connectivity index (χ0) is 12.8. The van der Waals surface area contributed by atoms with Crippen molar-refractivity contribution < 1.29 is 14.3 Å². The zero-order valence-corrected chi connectivity index (χ0v) is 10.6. The molecule has 1 aromatic rings. The molecular weight excluding hydrogens is 222 g/mol. The number of carbonyl (C=O) groups is 1. The van der Waals surface area contributed by atoms with Crippen LogP contribution in [0.4, 0.5) is 5.95 Å². The van der Waals surface area contributed by atoms with Gasteiger partial charge in [-0.15, -0.1) is 0 Å². The van der Waals surface area contributed by atoms with E-state index in [9.17, 15) is 4.79 Å². The highest BCUT2D eigenvalue weighted by molar-refractivity contribution is 5.72. The number of hydrogen-bond acceptors (Lipinski definition) is 6. The molecule has 0 aromatic carbocycles. The summed E-state index contributed by atoms with van der Waals surface area (Å²) >= 11 is 0. The summed E-state index contributed by atoms with van der Waals surface area (Å²) in [6.07, 6.45) is 1.64. The number of rotatable bonds is 5. The first kappa shape index (κ1) is 13.2. The second-order valence-corrected chi connectivity index (χ2v) is 3.56. The Morgan fingerprint density at radius 3 is 2.71 bits per heavy atom. The third-order valence-electron chi connectivity index (χ3n) is 2.05. The van der Waals surface area contributed by atoms with Crippen LogP contribution in [0.1, 0.15) is 12.6 Å². The Kier molecular flexibility index (Phi) is 4.68. The van der Waals surface area contributed by atoms with E-state index in [1.54, 1.807) is 18.0 Å². The number of esters is 1. The van der Waals surface area contributed by atoms with E-state index in [4.69, 9.17) is 9.47 Å². The third kappa shape index (κ3) is 3.58. The van der Waals surface area contributed by atoms with Gasteiger partial charge in [0.2, 0.25) is 5.95 Å². The fourth-order valence-corrected chi connectivity index (χ4v) is 1.26. The Bertz CT molecular complexity index is 394. The molecule has 1 rings (SSSR count). The lowest BCUT2D eigenvalue weighted by molar-refractivity contribution is -0.142. The third-order valence-corrected chi connectivity index (χ3v) is 2.05. The molecule has 6 heteroatoms. The molecule has 0 amide bonds. The molecule has 0 saturated heterocycles. The highest BCUT2D eigenvalue weighted by atomic mass is 16.5. The monoisotopic (exact) mass is 239 g/mol. The van der Waals surface area contributed by atoms with E-state index in [1.165, 1.54) is 7.11 Å². The van der Waals surface area contributed by atoms with Gasteiger partial charge in [-0.2, -0.15) is 0 Å². The summed E-state index contributed by atoms with van der Waals surface area (Å²) in [4.78, 5) is 21.5. The molecule has 0 spiro atoms. The topological polar surface area (TPSA) is 64.5 Å². The van der Waals surface area contributed by atoms with E-state index < -0.39 is 0 Å². The van der Waals surface area contributed by atoms with E-state index in [-0.39, 0.29) is 12.4 Å². The molecule has 0 unspecified atom stereocenters. The highest BCUT2D eigenvalue weighted by Crippen LogP contribution is 2.18. The molecule has 1 heterocycles. The molecule has 0 fully saturated rings. The summed E-state index contributed by atoms with van der Waals surface area (Å²) in [7, 11) is 5.18. The number of ether oxygens (including phenoxy) is 2. The molecular formula is C11H17N3O3. The van der Waals surface area contributed by atoms with Crippen molar-refractivity contribution in [3.63, 3.8) is 0 Å². The van der Waals surface area contributed by atoms with Crippen LogP contribution in [0.25, 0.3) is 0 Å². The van der Waals surface area contributed by atoms with E-state index in [1.807, 2.05) is 14.1 Å². The van der Waals surface area contributed by atoms with Crippen LogP contribution in [0.3, 0.4) is 0 Å². The Hall–Kier alpha value is -1.85. The molecule has 17 heavy (non-hydrogen) atoms. The molecule has 1 aromatic heterocycles. The maximum atomic E-state index is 11.4. The summed E-state index contributed by atoms with van der Waals surface area (Å²) in [6, 6.07) is 0. The molecule has 94 valence electrons. The van der Waals surface area contributed by atoms with Gasteiger partial charge in [0.05, 0.1) is 32.0 Å². The van der Waals surface area contributed by atoms with Gasteiger partial charge in [0, 0.05) is 14.1 Å². The van der Waals surface area contributed by atoms with E-state index in [0.717, 1.165) is 0 Å². The largest absolute Gasteiger partial charge is 0.493 e. The lowest BCUT2D eigenvalue weighted by Crippen LogP contribution is -2.16. The second kappa shape index (κ2) is 6.03. The van der Waals surface area contributed by atoms with Crippen LogP contribution in [0, 0.1) is 0 Å². The molecule has 0 radical (unpaired) electrons. The maximum absolute atomic E-state index is 11.4. The number of aromatic nitrogens is 2. The van der Waals surface area contributed by atoms with Gasteiger partial charge in [-0.1, -0.05) is 0 Å². The van der Waals surface area contributed by atoms with Crippen molar-refractivity contribution >= 4 is 11.9 Å². The van der Waals surface area contributed by atoms with E-state index >= 15 is 0 Å². The van der Waals surface area contributed by atoms with Crippen LogP contribution in [-0.4, -0.2) is 43.7 Å². The smallest absolute Gasteiger partial charge is 0.312 e. The maximum Gasteiger partial charge on any atom is 0.312 e. The van der Waals surface area contributed by atoms with E-state index in [2.05, 4.69) is 9.97 Å². The summed E-state index contributed by atoms with van der Waals surface area (Å²) in [5.74, 6) is 0.697. The number of hydrogen-bond donors (Lipinski definition) is 0. The van der Waals surface area contributed by atoms with Crippen molar-refractivity contribution in [3.8, 4) is 5.75 Å². The number of anilines is 1. The standard InChI is InChI=1S/C11H17N3O3/c1-5-17-10(15)6-8-9(16-4)7-12-11(13-8)14(2)3/h7H,5-6H2,1-4H3. The van der Waals surface area contributed by atoms with Crippen LogP contribution < -0.4 is 9.64 Å². The second-order valence-electron chi connectivity index (χ2n) is 3.56. The van der Waals surface area contributed by atoms with Crippen molar-refractivity contribution in [3.05, 3.63) is 11.9 Å². The molecule has 6 nitrogen and oxygen atoms in total. The van der Waals surface area contributed by atoms with Gasteiger partial charge < -0.3 is 14.4 Å². The minimum absolute atomic E-state index is 0.0837. The Morgan fingerprint density at radius 1 is 1.47 bits per heavy atom. The van der Waals surface area contributed by atoms with Gasteiger partial charge in [0.1, 0.15) is 0 Å². The fraction of sp³-hybridized carbons (Fsp3) is 0.545. The minimum atomic E-state index is -0.325. The summed E-state index contributed by atoms with van der Waals surface area (Å²) in [5, 5.41) is 0. The number of carbonyl (C=O) groups excluding carboxylic acids is 1. The zero-order valence-electron chi connectivity index (χ0n) is 10.6. The van der Waals surface area contributed by atoms with Crippen molar-refractivity contribution in [2.75, 3.05) is 32.7 Å². The van der Waals surface area contributed by atoms with Crippen LogP contribution >= 0.6 is 0 Å². The number of methoxy groups -OCH3 is 1. The lowest BCUT2D eigenvalue weighted by atomic mass is 10.3. The van der Waals surface area contributed by atoms with Crippen molar-refractivity contribution in [1.82, 2.24) is 9.97 Å². The average molecular weight is 239 g/mol. The first-order chi connectivity index (χ1) is 8.08. The number of nitrogens with zero attached hydrogens (tertiary/aromatic N) is 3. The molecule has 0 bridgehead atoms. The van der Waals surface area contributed by atoms with Crippen molar-refractivity contribution in [2.45, 2.75) is 13.3 Å². The van der Waals surface area contributed by atoms with Gasteiger partial charge in [0.25, 0.3) is 0 Å². The van der Waals surface area contributed by atoms with Crippen LogP contribution in [0.15, 0.2) is 6.20 Å². The van der Waals surface area contributed by atoms with Gasteiger partial charge in [0.15, 0.2) is 5.75 Å². The van der Waals surface area contributed by atoms with Crippen molar-refractivity contribution in [1.29, 1.82) is 0 Å². The first-order valence-corrected chi connectivity index (χ1v) is 5.31. The predicted molar refractivity (Wildman–Crippen MR) is 63.2 cm³/mol. The summed E-state index contributed by atoms with van der Waals surface area (Å²) in [6.45, 7) is 2.12. The Morgan fingerprint density at radius 2 is 2.18 bits per heavy atom. The average Bonchev–Trinajstić information content (AvgIpc) is 2.29. The van der Waals surface area contributed by atoms with Gasteiger partial charge in [-0.05, 0) is 6.92 Å². The van der Waals surface area contributed by atoms with Crippen LogP contribution in [0.2, 0.25) is 0 Å². The normalized spacial score (nSPS) is 9.88. The minimum Gasteiger partial charge on any atom is -0.493 e. The van der Waals surface area contributed by atoms with Gasteiger partial charge >= 0.3 is 5.97 Å². The molecule has 0 saturated carbocycles. The predicted octanol–water partition coefficient (Wildman–Crippen LogP) is 0.657. The highest BCUT2D eigenvalue weighted by Gasteiger charge is 2.13.